The van der Waals surface area contributed by atoms with Gasteiger partial charge in [0.25, 0.3) is 0 Å². The second-order valence-corrected chi connectivity index (χ2v) is 11.9. The molecular weight excluding hydrogens is 496 g/mol. The fraction of sp³-hybridized carbons (Fsp3) is 0.281. The Balaban J connectivity index is 1.70. The van der Waals surface area contributed by atoms with Gasteiger partial charge in [-0.2, -0.15) is 0 Å². The molecule has 0 bridgehead atoms. The summed E-state index contributed by atoms with van der Waals surface area (Å²) in [6, 6.07) is 19.0. The number of benzene rings is 3. The zero-order chi connectivity index (χ0) is 27.0. The minimum absolute atomic E-state index is 0.0937. The minimum atomic E-state index is -1.32. The summed E-state index contributed by atoms with van der Waals surface area (Å²) in [7, 11) is 0. The van der Waals surface area contributed by atoms with E-state index >= 15 is 0 Å². The van der Waals surface area contributed by atoms with Gasteiger partial charge in [-0.15, -0.1) is 0 Å². The number of hydrogen-bond donors (Lipinski definition) is 1. The molecule has 3 aliphatic heterocycles. The van der Waals surface area contributed by atoms with Crippen molar-refractivity contribution in [2.24, 2.45) is 11.3 Å². The number of nitrogens with zero attached hydrogens (tertiary/aromatic N) is 1. The number of aryl methyl sites for hydroxylation is 1. The van der Waals surface area contributed by atoms with E-state index in [-0.39, 0.29) is 17.5 Å². The van der Waals surface area contributed by atoms with Crippen LogP contribution >= 0.6 is 11.6 Å². The minimum Gasteiger partial charge on any atom is -0.352 e. The molecule has 5 nitrogen and oxygen atoms in total. The van der Waals surface area contributed by atoms with E-state index in [4.69, 9.17) is 11.6 Å². The third-order valence-electron chi connectivity index (χ3n) is 8.22. The number of carbonyl (C=O) groups excluding carboxylic acids is 3. The van der Waals surface area contributed by atoms with Gasteiger partial charge in [0.2, 0.25) is 5.91 Å². The fourth-order valence-electron chi connectivity index (χ4n) is 6.57. The van der Waals surface area contributed by atoms with E-state index in [2.05, 4.69) is 11.4 Å². The molecule has 1 N–H and O–H groups in total. The summed E-state index contributed by atoms with van der Waals surface area (Å²) in [6.07, 6.45) is 4.01. The van der Waals surface area contributed by atoms with Crippen LogP contribution in [-0.2, 0) is 15.0 Å². The van der Waals surface area contributed by atoms with Gasteiger partial charge in [0.05, 0.1) is 17.0 Å². The second kappa shape index (κ2) is 8.40. The van der Waals surface area contributed by atoms with Crippen molar-refractivity contribution in [3.8, 4) is 0 Å². The van der Waals surface area contributed by atoms with E-state index < -0.39 is 28.8 Å². The van der Waals surface area contributed by atoms with Crippen molar-refractivity contribution in [3.05, 3.63) is 100 Å². The Morgan fingerprint density at radius 1 is 1.00 bits per heavy atom. The average molecular weight is 525 g/mol. The Hall–Kier alpha value is -3.70. The van der Waals surface area contributed by atoms with E-state index in [0.717, 1.165) is 22.4 Å². The van der Waals surface area contributed by atoms with Crippen LogP contribution < -0.4 is 10.2 Å². The van der Waals surface area contributed by atoms with Crippen LogP contribution in [0.4, 0.5) is 11.4 Å². The summed E-state index contributed by atoms with van der Waals surface area (Å²) in [6.45, 7) is 7.62. The van der Waals surface area contributed by atoms with Gasteiger partial charge < -0.3 is 10.2 Å². The Morgan fingerprint density at radius 2 is 1.71 bits per heavy atom. The van der Waals surface area contributed by atoms with Gasteiger partial charge in [0.15, 0.2) is 11.6 Å². The second-order valence-electron chi connectivity index (χ2n) is 11.5. The molecule has 3 heterocycles. The highest BCUT2D eigenvalue weighted by molar-refractivity contribution is 6.34. The van der Waals surface area contributed by atoms with Crippen molar-refractivity contribution in [1.29, 1.82) is 0 Å². The molecule has 38 heavy (non-hydrogen) atoms. The van der Waals surface area contributed by atoms with Crippen molar-refractivity contribution >= 4 is 46.5 Å². The predicted molar refractivity (Wildman–Crippen MR) is 151 cm³/mol. The third-order valence-corrected chi connectivity index (χ3v) is 8.55. The molecule has 1 saturated heterocycles. The third kappa shape index (κ3) is 3.27. The van der Waals surface area contributed by atoms with Crippen molar-refractivity contribution in [1.82, 2.24) is 0 Å². The first-order chi connectivity index (χ1) is 18.1. The number of hydrogen-bond acceptors (Lipinski definition) is 4. The van der Waals surface area contributed by atoms with E-state index in [1.54, 1.807) is 24.3 Å². The molecule has 0 aromatic heterocycles. The number of ketones is 2. The summed E-state index contributed by atoms with van der Waals surface area (Å²) in [4.78, 5) is 45.4. The highest BCUT2D eigenvalue weighted by atomic mass is 35.5. The van der Waals surface area contributed by atoms with Gasteiger partial charge >= 0.3 is 0 Å². The molecule has 0 saturated carbocycles. The molecule has 1 fully saturated rings. The monoisotopic (exact) mass is 524 g/mol. The average Bonchev–Trinajstić information content (AvgIpc) is 3.35. The highest BCUT2D eigenvalue weighted by Gasteiger charge is 2.70. The molecule has 3 aromatic rings. The van der Waals surface area contributed by atoms with Gasteiger partial charge in [-0.25, -0.2) is 0 Å². The topological polar surface area (TPSA) is 66.5 Å². The van der Waals surface area contributed by atoms with Gasteiger partial charge in [-0.05, 0) is 48.4 Å². The number of para-hydroxylation sites is 1. The lowest BCUT2D eigenvalue weighted by Gasteiger charge is -2.38. The van der Waals surface area contributed by atoms with Crippen molar-refractivity contribution in [2.75, 3.05) is 10.2 Å². The lowest BCUT2D eigenvalue weighted by atomic mass is 9.63. The van der Waals surface area contributed by atoms with Crippen LogP contribution in [0, 0.1) is 18.3 Å². The standard InChI is InChI=1S/C32H29ClN2O3/c1-18-13-15-24-19(17-18)14-16-25-32(21-10-6-8-12-23(21)34-30(32)38)26(27(35(24)25)29(37)31(2,3)4)28(36)20-9-5-7-11-22(20)33/h5-17,25-27H,1-4H3,(H,34,38). The van der Waals surface area contributed by atoms with Gasteiger partial charge in [0.1, 0.15) is 11.5 Å². The molecule has 192 valence electrons. The van der Waals surface area contributed by atoms with E-state index in [0.29, 0.717) is 16.3 Å². The van der Waals surface area contributed by atoms with Gasteiger partial charge in [-0.3, -0.25) is 14.4 Å². The molecule has 4 atom stereocenters. The Morgan fingerprint density at radius 3 is 2.45 bits per heavy atom. The first kappa shape index (κ1) is 24.6. The van der Waals surface area contributed by atoms with Crippen LogP contribution in [0.1, 0.15) is 47.8 Å². The number of amides is 1. The van der Waals surface area contributed by atoms with Crippen LogP contribution in [0.25, 0.3) is 6.08 Å². The smallest absolute Gasteiger partial charge is 0.238 e. The zero-order valence-electron chi connectivity index (χ0n) is 21.8. The van der Waals surface area contributed by atoms with Crippen LogP contribution in [0.3, 0.4) is 0 Å². The lowest BCUT2D eigenvalue weighted by molar-refractivity contribution is -0.128. The molecule has 6 rings (SSSR count). The maximum atomic E-state index is 14.7. The van der Waals surface area contributed by atoms with Crippen molar-refractivity contribution in [3.63, 3.8) is 0 Å². The molecule has 1 amide bonds. The number of rotatable bonds is 3. The number of anilines is 2. The first-order valence-electron chi connectivity index (χ1n) is 12.9. The first-order valence-corrected chi connectivity index (χ1v) is 13.3. The molecule has 0 radical (unpaired) electrons. The number of fused-ring (bicyclic) bond motifs is 6. The van der Waals surface area contributed by atoms with Gasteiger partial charge in [-0.1, -0.05) is 86.5 Å². The number of nitrogens with one attached hydrogen (secondary N) is 1. The summed E-state index contributed by atoms with van der Waals surface area (Å²) >= 11 is 6.56. The van der Waals surface area contributed by atoms with E-state index in [1.165, 1.54) is 0 Å². The van der Waals surface area contributed by atoms with Crippen LogP contribution in [0.15, 0.2) is 72.8 Å². The van der Waals surface area contributed by atoms with Crippen LogP contribution in [0.5, 0.6) is 0 Å². The predicted octanol–water partition coefficient (Wildman–Crippen LogP) is 6.24. The fourth-order valence-corrected chi connectivity index (χ4v) is 6.80. The summed E-state index contributed by atoms with van der Waals surface area (Å²) in [5.74, 6) is -1.67. The lowest BCUT2D eigenvalue weighted by Crippen LogP contribution is -2.51. The quantitative estimate of drug-likeness (QED) is 0.412. The maximum absolute atomic E-state index is 14.7. The molecule has 6 heteroatoms. The molecule has 1 spiro atoms. The number of halogens is 1. The Kier molecular flexibility index (Phi) is 5.45. The Labute approximate surface area is 227 Å². The number of carbonyl (C=O) groups is 3. The number of Topliss-reactive ketones (excluding diaryl/α,β-unsaturated/α-hetero) is 2. The largest absolute Gasteiger partial charge is 0.352 e. The van der Waals surface area contributed by atoms with E-state index in [1.807, 2.05) is 81.1 Å². The van der Waals surface area contributed by atoms with Crippen LogP contribution in [0.2, 0.25) is 5.02 Å². The summed E-state index contributed by atoms with van der Waals surface area (Å²) < 4.78 is 0. The Bertz CT molecular complexity index is 1550. The van der Waals surface area contributed by atoms with Crippen molar-refractivity contribution in [2.45, 2.75) is 45.2 Å². The zero-order valence-corrected chi connectivity index (χ0v) is 22.5. The summed E-state index contributed by atoms with van der Waals surface area (Å²) in [5.41, 5.74) is 2.52. The molecule has 4 unspecified atom stereocenters. The SMILES string of the molecule is Cc1ccc2c(c1)C=CC1N2C(C(=O)C(C)(C)C)C(C(=O)c2ccccc2Cl)C12C(=O)Nc1ccccc12. The molecule has 3 aromatic carbocycles. The maximum Gasteiger partial charge on any atom is 0.238 e. The van der Waals surface area contributed by atoms with E-state index in [9.17, 15) is 14.4 Å². The molecular formula is C32H29ClN2O3. The normalized spacial score (nSPS) is 25.1. The van der Waals surface area contributed by atoms with Gasteiger partial charge in [0, 0.05) is 22.4 Å². The highest BCUT2D eigenvalue weighted by Crippen LogP contribution is 2.58. The van der Waals surface area contributed by atoms with Crippen molar-refractivity contribution < 1.29 is 14.4 Å². The summed E-state index contributed by atoms with van der Waals surface area (Å²) in [5, 5.41) is 3.35. The molecule has 3 aliphatic rings. The van der Waals surface area contributed by atoms with Crippen LogP contribution in [-0.4, -0.2) is 29.6 Å². The molecule has 0 aliphatic carbocycles.